The Labute approximate surface area is 124 Å². The lowest BCUT2D eigenvalue weighted by atomic mass is 10.1. The monoisotopic (exact) mass is 291 g/mol. The van der Waals surface area contributed by atoms with Gasteiger partial charge in [0, 0.05) is 5.02 Å². The largest absolute Gasteiger partial charge is 0.456 e. The summed E-state index contributed by atoms with van der Waals surface area (Å²) < 4.78 is 5.76. The van der Waals surface area contributed by atoms with Crippen molar-refractivity contribution in [1.82, 2.24) is 4.98 Å². The molecule has 0 aliphatic heterocycles. The normalized spacial score (nSPS) is 12.2. The molecule has 1 aromatic carbocycles. The zero-order valence-corrected chi connectivity index (χ0v) is 12.6. The molecule has 106 valence electrons. The predicted molar refractivity (Wildman–Crippen MR) is 80.5 cm³/mol. The van der Waals surface area contributed by atoms with Crippen LogP contribution >= 0.6 is 11.6 Å². The lowest BCUT2D eigenvalue weighted by Crippen LogP contribution is -1.98. The zero-order chi connectivity index (χ0) is 14.7. The maximum Gasteiger partial charge on any atom is 0.145 e. The first-order valence-corrected chi connectivity index (χ1v) is 6.97. The van der Waals surface area contributed by atoms with E-state index in [1.807, 2.05) is 32.9 Å². The van der Waals surface area contributed by atoms with E-state index in [9.17, 15) is 5.11 Å². The zero-order valence-electron chi connectivity index (χ0n) is 11.9. The van der Waals surface area contributed by atoms with Crippen LogP contribution in [-0.2, 0) is 0 Å². The number of benzene rings is 1. The number of aliphatic hydroxyl groups excluding tert-OH is 1. The quantitative estimate of drug-likeness (QED) is 0.896. The molecule has 2 aromatic rings. The average molecular weight is 292 g/mol. The van der Waals surface area contributed by atoms with Crippen molar-refractivity contribution in [1.29, 1.82) is 0 Å². The van der Waals surface area contributed by atoms with Crippen molar-refractivity contribution in [2.45, 2.75) is 33.3 Å². The van der Waals surface area contributed by atoms with E-state index in [1.54, 1.807) is 18.3 Å². The molecule has 0 bridgehead atoms. The number of aliphatic hydroxyl groups is 1. The smallest absolute Gasteiger partial charge is 0.145 e. The van der Waals surface area contributed by atoms with E-state index in [-0.39, 0.29) is 0 Å². The molecule has 0 amide bonds. The molecule has 0 fully saturated rings. The van der Waals surface area contributed by atoms with Crippen molar-refractivity contribution < 1.29 is 9.84 Å². The number of pyridine rings is 1. The van der Waals surface area contributed by atoms with Gasteiger partial charge < -0.3 is 9.84 Å². The summed E-state index contributed by atoms with van der Waals surface area (Å²) in [6, 6.07) is 7.37. The molecular formula is C16H18ClNO2. The summed E-state index contributed by atoms with van der Waals surface area (Å²) in [5.74, 6) is 1.37. The third kappa shape index (κ3) is 3.30. The Balaban J connectivity index is 2.18. The van der Waals surface area contributed by atoms with Crippen molar-refractivity contribution in [2.75, 3.05) is 0 Å². The highest BCUT2D eigenvalue weighted by Gasteiger charge is 2.08. The molecule has 20 heavy (non-hydrogen) atoms. The average Bonchev–Trinajstić information content (AvgIpc) is 2.44. The Hall–Kier alpha value is -1.58. The van der Waals surface area contributed by atoms with Crippen molar-refractivity contribution in [3.63, 3.8) is 0 Å². The summed E-state index contributed by atoms with van der Waals surface area (Å²) in [5, 5.41) is 10.5. The summed E-state index contributed by atoms with van der Waals surface area (Å²) >= 11 is 6.13. The molecule has 2 rings (SSSR count). The molecule has 0 aliphatic carbocycles. The van der Waals surface area contributed by atoms with Gasteiger partial charge in [-0.15, -0.1) is 0 Å². The highest BCUT2D eigenvalue weighted by molar-refractivity contribution is 6.32. The second kappa shape index (κ2) is 6.25. The van der Waals surface area contributed by atoms with E-state index < -0.39 is 6.10 Å². The second-order valence-electron chi connectivity index (χ2n) is 4.82. The first kappa shape index (κ1) is 14.8. The minimum atomic E-state index is -0.524. The molecule has 1 heterocycles. The number of aromatic nitrogens is 1. The first-order chi connectivity index (χ1) is 9.51. The van der Waals surface area contributed by atoms with Crippen molar-refractivity contribution >= 4 is 11.6 Å². The number of halogens is 1. The number of hydrogen-bond donors (Lipinski definition) is 1. The van der Waals surface area contributed by atoms with E-state index in [2.05, 4.69) is 4.98 Å². The van der Waals surface area contributed by atoms with Crippen LogP contribution in [0.1, 0.15) is 36.3 Å². The number of rotatable bonds is 4. The fourth-order valence-electron chi connectivity index (χ4n) is 1.96. The van der Waals surface area contributed by atoms with Crippen LogP contribution in [0.3, 0.4) is 0 Å². The number of hydrogen-bond acceptors (Lipinski definition) is 3. The van der Waals surface area contributed by atoms with E-state index >= 15 is 0 Å². The highest BCUT2D eigenvalue weighted by Crippen LogP contribution is 2.29. The predicted octanol–water partition coefficient (Wildman–Crippen LogP) is 4.59. The van der Waals surface area contributed by atoms with Crippen LogP contribution in [0.2, 0.25) is 5.02 Å². The topological polar surface area (TPSA) is 42.4 Å². The van der Waals surface area contributed by atoms with E-state index in [0.717, 1.165) is 21.9 Å². The van der Waals surface area contributed by atoms with Gasteiger partial charge >= 0.3 is 0 Å². The van der Waals surface area contributed by atoms with Gasteiger partial charge in [0.15, 0.2) is 0 Å². The van der Waals surface area contributed by atoms with Gasteiger partial charge in [0.1, 0.15) is 11.5 Å². The number of nitrogens with zero attached hydrogens (tertiary/aromatic N) is 1. The SMILES string of the molecule is CC[C@H](O)c1ccc(Oc2cc(C)c(Cl)c(C)c2)cn1. The van der Waals surface area contributed by atoms with Crippen LogP contribution in [-0.4, -0.2) is 10.1 Å². The fourth-order valence-corrected chi connectivity index (χ4v) is 2.07. The summed E-state index contributed by atoms with van der Waals surface area (Å²) in [7, 11) is 0. The van der Waals surface area contributed by atoms with Crippen molar-refractivity contribution in [2.24, 2.45) is 0 Å². The maximum atomic E-state index is 9.70. The van der Waals surface area contributed by atoms with Gasteiger partial charge in [0.2, 0.25) is 0 Å². The first-order valence-electron chi connectivity index (χ1n) is 6.60. The van der Waals surface area contributed by atoms with E-state index in [0.29, 0.717) is 17.9 Å². The van der Waals surface area contributed by atoms with E-state index in [1.165, 1.54) is 0 Å². The molecule has 0 unspecified atom stereocenters. The number of ether oxygens (including phenoxy) is 1. The molecule has 0 radical (unpaired) electrons. The van der Waals surface area contributed by atoms with Gasteiger partial charge in [-0.05, 0) is 55.7 Å². The van der Waals surface area contributed by atoms with Gasteiger partial charge in [-0.3, -0.25) is 4.98 Å². The summed E-state index contributed by atoms with van der Waals surface area (Å²) in [6.45, 7) is 5.80. The van der Waals surface area contributed by atoms with Crippen LogP contribution < -0.4 is 4.74 Å². The maximum absolute atomic E-state index is 9.70. The molecule has 4 heteroatoms. The van der Waals surface area contributed by atoms with Crippen LogP contribution in [0, 0.1) is 13.8 Å². The van der Waals surface area contributed by atoms with Crippen LogP contribution in [0.15, 0.2) is 30.5 Å². The van der Waals surface area contributed by atoms with Gasteiger partial charge in [0.25, 0.3) is 0 Å². The van der Waals surface area contributed by atoms with Crippen molar-refractivity contribution in [3.8, 4) is 11.5 Å². The summed E-state index contributed by atoms with van der Waals surface area (Å²) in [4.78, 5) is 4.21. The van der Waals surface area contributed by atoms with Gasteiger partial charge in [-0.2, -0.15) is 0 Å². The fraction of sp³-hybridized carbons (Fsp3) is 0.312. The molecular weight excluding hydrogens is 274 g/mol. The summed E-state index contributed by atoms with van der Waals surface area (Å²) in [5.41, 5.74) is 2.61. The van der Waals surface area contributed by atoms with Gasteiger partial charge in [-0.1, -0.05) is 18.5 Å². The standard InChI is InChI=1S/C16H18ClNO2/c1-4-15(19)14-6-5-12(9-18-14)20-13-7-10(2)16(17)11(3)8-13/h5-9,15,19H,4H2,1-3H3/t15-/m0/s1. The molecule has 1 N–H and O–H groups in total. The minimum Gasteiger partial charge on any atom is -0.456 e. The second-order valence-corrected chi connectivity index (χ2v) is 5.19. The molecule has 1 aromatic heterocycles. The third-order valence-corrected chi connectivity index (χ3v) is 3.73. The van der Waals surface area contributed by atoms with Crippen molar-refractivity contribution in [3.05, 3.63) is 52.3 Å². The van der Waals surface area contributed by atoms with Crippen LogP contribution in [0.5, 0.6) is 11.5 Å². The summed E-state index contributed by atoms with van der Waals surface area (Å²) in [6.07, 6.45) is 1.74. The Morgan fingerprint density at radius 3 is 2.35 bits per heavy atom. The minimum absolute atomic E-state index is 0.524. The van der Waals surface area contributed by atoms with E-state index in [4.69, 9.17) is 16.3 Å². The molecule has 0 saturated carbocycles. The van der Waals surface area contributed by atoms with Crippen LogP contribution in [0.25, 0.3) is 0 Å². The lowest BCUT2D eigenvalue weighted by Gasteiger charge is -2.11. The molecule has 0 spiro atoms. The van der Waals surface area contributed by atoms with Crippen LogP contribution in [0.4, 0.5) is 0 Å². The van der Waals surface area contributed by atoms with Gasteiger partial charge in [0.05, 0.1) is 18.0 Å². The Kier molecular flexibility index (Phi) is 4.63. The molecule has 0 saturated heterocycles. The Bertz CT molecular complexity index is 573. The molecule has 3 nitrogen and oxygen atoms in total. The lowest BCUT2D eigenvalue weighted by molar-refractivity contribution is 0.169. The van der Waals surface area contributed by atoms with Gasteiger partial charge in [-0.25, -0.2) is 0 Å². The molecule has 0 aliphatic rings. The Morgan fingerprint density at radius 1 is 1.20 bits per heavy atom. The highest BCUT2D eigenvalue weighted by atomic mass is 35.5. The molecule has 1 atom stereocenters. The Morgan fingerprint density at radius 2 is 1.85 bits per heavy atom. The number of aryl methyl sites for hydroxylation is 2. The third-order valence-electron chi connectivity index (χ3n) is 3.13.